The van der Waals surface area contributed by atoms with E-state index in [1.807, 2.05) is 0 Å². The smallest absolute Gasteiger partial charge is 0.405 e. The quantitative estimate of drug-likeness (QED) is 0.478. The van der Waals surface area contributed by atoms with Crippen molar-refractivity contribution in [1.82, 2.24) is 10.6 Å². The Morgan fingerprint density at radius 3 is 2.74 bits per heavy atom. The van der Waals surface area contributed by atoms with Gasteiger partial charge in [0, 0.05) is 25.6 Å². The maximum atomic E-state index is 12.5. The van der Waals surface area contributed by atoms with Crippen molar-refractivity contribution in [2.24, 2.45) is 4.99 Å². The lowest BCUT2D eigenvalue weighted by molar-refractivity contribution is -0.274. The van der Waals surface area contributed by atoms with Crippen molar-refractivity contribution in [3.05, 3.63) is 29.8 Å². The first kappa shape index (κ1) is 17.4. The predicted octanol–water partition coefficient (Wildman–Crippen LogP) is 3.41. The molecule has 1 aromatic rings. The number of rotatable bonds is 6. The van der Waals surface area contributed by atoms with Gasteiger partial charge in [-0.1, -0.05) is 31.5 Å². The zero-order chi connectivity index (χ0) is 16.9. The van der Waals surface area contributed by atoms with Gasteiger partial charge < -0.3 is 15.4 Å². The molecule has 0 aromatic heterocycles. The van der Waals surface area contributed by atoms with Crippen LogP contribution in [-0.2, 0) is 0 Å². The van der Waals surface area contributed by atoms with Gasteiger partial charge in [0.15, 0.2) is 5.96 Å². The number of hydrogen-bond donors (Lipinski definition) is 2. The Kier molecular flexibility index (Phi) is 5.74. The summed E-state index contributed by atoms with van der Waals surface area (Å²) in [6, 6.07) is 6.37. The number of hydrogen-bond acceptors (Lipinski definition) is 2. The number of para-hydroxylation sites is 1. The monoisotopic (exact) mass is 329 g/mol. The third kappa shape index (κ3) is 5.33. The lowest BCUT2D eigenvalue weighted by atomic mass is 10.1. The Morgan fingerprint density at radius 2 is 2.09 bits per heavy atom. The van der Waals surface area contributed by atoms with Crippen molar-refractivity contribution < 1.29 is 17.9 Å². The molecular weight excluding hydrogens is 307 g/mol. The van der Waals surface area contributed by atoms with Crippen LogP contribution in [0.15, 0.2) is 29.3 Å². The van der Waals surface area contributed by atoms with Gasteiger partial charge in [0.05, 0.1) is 0 Å². The molecule has 0 amide bonds. The molecule has 2 atom stereocenters. The lowest BCUT2D eigenvalue weighted by Crippen LogP contribution is -2.39. The largest absolute Gasteiger partial charge is 0.573 e. The Labute approximate surface area is 134 Å². The van der Waals surface area contributed by atoms with Crippen LogP contribution in [0.1, 0.15) is 37.7 Å². The van der Waals surface area contributed by atoms with Gasteiger partial charge in [0.25, 0.3) is 0 Å². The average molecular weight is 329 g/mol. The summed E-state index contributed by atoms with van der Waals surface area (Å²) in [4.78, 5) is 4.13. The van der Waals surface area contributed by atoms with Crippen LogP contribution < -0.4 is 15.4 Å². The lowest BCUT2D eigenvalue weighted by Gasteiger charge is -2.14. The highest BCUT2D eigenvalue weighted by Crippen LogP contribution is 2.45. The minimum absolute atomic E-state index is 0.00160. The van der Waals surface area contributed by atoms with E-state index in [1.54, 1.807) is 25.2 Å². The molecule has 0 spiro atoms. The molecule has 0 bridgehead atoms. The fourth-order valence-electron chi connectivity index (χ4n) is 2.46. The number of nitrogens with zero attached hydrogens (tertiary/aromatic N) is 1. The summed E-state index contributed by atoms with van der Waals surface area (Å²) < 4.78 is 41.5. The van der Waals surface area contributed by atoms with E-state index >= 15 is 0 Å². The fraction of sp³-hybridized carbons (Fsp3) is 0.562. The molecule has 2 N–H and O–H groups in total. The maximum Gasteiger partial charge on any atom is 0.573 e. The van der Waals surface area contributed by atoms with Crippen molar-refractivity contribution in [3.8, 4) is 5.75 Å². The van der Waals surface area contributed by atoms with Crippen LogP contribution in [0.3, 0.4) is 0 Å². The standard InChI is InChI=1S/C16H22F3N3O/c1-3-4-9-21-15(20-2)22-13-10-12(13)11-7-5-6-8-14(11)23-16(17,18)19/h5-8,12-13H,3-4,9-10H2,1-2H3,(H2,20,21,22). The first-order valence-electron chi connectivity index (χ1n) is 7.76. The van der Waals surface area contributed by atoms with E-state index in [2.05, 4.69) is 27.3 Å². The highest BCUT2D eigenvalue weighted by Gasteiger charge is 2.42. The van der Waals surface area contributed by atoms with Crippen molar-refractivity contribution in [2.75, 3.05) is 13.6 Å². The second-order valence-corrected chi connectivity index (χ2v) is 5.53. The van der Waals surface area contributed by atoms with E-state index in [9.17, 15) is 13.2 Å². The van der Waals surface area contributed by atoms with Crippen LogP contribution in [0, 0.1) is 0 Å². The summed E-state index contributed by atoms with van der Waals surface area (Å²) in [5.41, 5.74) is 0.575. The van der Waals surface area contributed by atoms with Crippen molar-refractivity contribution in [2.45, 2.75) is 44.5 Å². The summed E-state index contributed by atoms with van der Waals surface area (Å²) in [5, 5.41) is 6.43. The molecule has 0 heterocycles. The first-order valence-corrected chi connectivity index (χ1v) is 7.76. The number of ether oxygens (including phenoxy) is 1. The van der Waals surface area contributed by atoms with Gasteiger partial charge in [-0.15, -0.1) is 13.2 Å². The molecule has 0 aliphatic heterocycles. The van der Waals surface area contributed by atoms with Crippen LogP contribution >= 0.6 is 0 Å². The number of unbranched alkanes of at least 4 members (excludes halogenated alkanes) is 1. The van der Waals surface area contributed by atoms with Gasteiger partial charge in [-0.05, 0) is 24.5 Å². The predicted molar refractivity (Wildman–Crippen MR) is 83.7 cm³/mol. The van der Waals surface area contributed by atoms with E-state index in [0.717, 1.165) is 25.8 Å². The van der Waals surface area contributed by atoms with Gasteiger partial charge in [-0.2, -0.15) is 0 Å². The number of nitrogens with one attached hydrogen (secondary N) is 2. The highest BCUT2D eigenvalue weighted by atomic mass is 19.4. The van der Waals surface area contributed by atoms with Crippen LogP contribution in [0.4, 0.5) is 13.2 Å². The molecule has 0 radical (unpaired) electrons. The summed E-state index contributed by atoms with van der Waals surface area (Å²) >= 11 is 0. The van der Waals surface area contributed by atoms with Crippen molar-refractivity contribution in [3.63, 3.8) is 0 Å². The molecule has 4 nitrogen and oxygen atoms in total. The normalized spacial score (nSPS) is 21.0. The molecule has 1 fully saturated rings. The second-order valence-electron chi connectivity index (χ2n) is 5.53. The molecule has 7 heteroatoms. The third-order valence-corrected chi connectivity index (χ3v) is 3.70. The molecule has 0 saturated heterocycles. The molecule has 1 aliphatic rings. The molecule has 2 unspecified atom stereocenters. The van der Waals surface area contributed by atoms with Gasteiger partial charge in [0.2, 0.25) is 0 Å². The van der Waals surface area contributed by atoms with Gasteiger partial charge >= 0.3 is 6.36 Å². The van der Waals surface area contributed by atoms with Crippen LogP contribution in [0.5, 0.6) is 5.75 Å². The Balaban J connectivity index is 1.95. The molecule has 1 saturated carbocycles. The summed E-state index contributed by atoms with van der Waals surface area (Å²) in [6.45, 7) is 2.92. The second kappa shape index (κ2) is 7.57. The van der Waals surface area contributed by atoms with E-state index in [0.29, 0.717) is 11.5 Å². The number of alkyl halides is 3. The Hall–Kier alpha value is -1.92. The van der Waals surface area contributed by atoms with Crippen LogP contribution in [0.25, 0.3) is 0 Å². The molecule has 2 rings (SSSR count). The SMILES string of the molecule is CCCCNC(=NC)NC1CC1c1ccccc1OC(F)(F)F. The Morgan fingerprint density at radius 1 is 1.35 bits per heavy atom. The molecule has 23 heavy (non-hydrogen) atoms. The minimum Gasteiger partial charge on any atom is -0.405 e. The topological polar surface area (TPSA) is 45.7 Å². The van der Waals surface area contributed by atoms with Gasteiger partial charge in [-0.25, -0.2) is 0 Å². The summed E-state index contributed by atoms with van der Waals surface area (Å²) in [6.07, 6.45) is -1.80. The molecule has 128 valence electrons. The number of aliphatic imine (C=N–C) groups is 1. The molecule has 1 aliphatic carbocycles. The fourth-order valence-corrected chi connectivity index (χ4v) is 2.46. The Bertz CT molecular complexity index is 546. The zero-order valence-corrected chi connectivity index (χ0v) is 13.3. The number of benzene rings is 1. The summed E-state index contributed by atoms with van der Waals surface area (Å²) in [5.74, 6) is 0.557. The number of guanidine groups is 1. The minimum atomic E-state index is -4.67. The zero-order valence-electron chi connectivity index (χ0n) is 13.3. The molecular formula is C16H22F3N3O. The van der Waals surface area contributed by atoms with Crippen molar-refractivity contribution in [1.29, 1.82) is 0 Å². The first-order chi connectivity index (χ1) is 10.9. The van der Waals surface area contributed by atoms with Crippen molar-refractivity contribution >= 4 is 5.96 Å². The van der Waals surface area contributed by atoms with Crippen LogP contribution in [0.2, 0.25) is 0 Å². The van der Waals surface area contributed by atoms with E-state index in [4.69, 9.17) is 0 Å². The number of halogens is 3. The average Bonchev–Trinajstić information content (AvgIpc) is 3.24. The highest BCUT2D eigenvalue weighted by molar-refractivity contribution is 5.80. The maximum absolute atomic E-state index is 12.5. The third-order valence-electron chi connectivity index (χ3n) is 3.70. The van der Waals surface area contributed by atoms with E-state index < -0.39 is 6.36 Å². The van der Waals surface area contributed by atoms with Gasteiger partial charge in [-0.3, -0.25) is 4.99 Å². The van der Waals surface area contributed by atoms with E-state index in [-0.39, 0.29) is 17.7 Å². The summed E-state index contributed by atoms with van der Waals surface area (Å²) in [7, 11) is 1.68. The van der Waals surface area contributed by atoms with Crippen LogP contribution in [-0.4, -0.2) is 32.0 Å². The van der Waals surface area contributed by atoms with E-state index in [1.165, 1.54) is 6.07 Å². The van der Waals surface area contributed by atoms with Gasteiger partial charge in [0.1, 0.15) is 5.75 Å². The molecule has 1 aromatic carbocycles.